The molecular formula is C24H23FN2O4. The van der Waals surface area contributed by atoms with Crippen LogP contribution in [-0.4, -0.2) is 28.1 Å². The van der Waals surface area contributed by atoms with Gasteiger partial charge in [0.15, 0.2) is 6.29 Å². The fraction of sp³-hybridized carbons (Fsp3) is 0.375. The molecule has 6 nitrogen and oxygen atoms in total. The molecule has 5 rings (SSSR count). The number of aromatic nitrogens is 2. The molecule has 1 unspecified atom stereocenters. The standard InChI is InChI=1S/C24H23FN2O4/c1-11-4-5-13-12(2)17(25)7-18-22(13)21(11)15-8-27-19(23(15)26-18)6-14(20(29)9-28)16(10-31-3)24(27)30/h6-7,9,11,20,29H,4-5,8,10H2,1-3H3/t11-,20?/m1/s1. The third kappa shape index (κ3) is 2.73. The Bertz CT molecular complexity index is 1330. The number of hydrogen-bond acceptors (Lipinski definition) is 5. The molecule has 160 valence electrons. The van der Waals surface area contributed by atoms with E-state index in [1.165, 1.54) is 13.2 Å². The molecule has 1 N–H and O–H groups in total. The number of rotatable bonds is 4. The van der Waals surface area contributed by atoms with Crippen LogP contribution in [-0.2, 0) is 29.1 Å². The number of halogens is 1. The Labute approximate surface area is 178 Å². The van der Waals surface area contributed by atoms with E-state index >= 15 is 0 Å². The minimum atomic E-state index is -1.43. The van der Waals surface area contributed by atoms with E-state index in [2.05, 4.69) is 6.92 Å². The maximum absolute atomic E-state index is 14.6. The van der Waals surface area contributed by atoms with E-state index in [9.17, 15) is 19.1 Å². The Morgan fingerprint density at radius 1 is 1.39 bits per heavy atom. The maximum Gasteiger partial charge on any atom is 0.257 e. The second kappa shape index (κ2) is 7.07. The van der Waals surface area contributed by atoms with Crippen molar-refractivity contribution in [3.63, 3.8) is 0 Å². The predicted molar refractivity (Wildman–Crippen MR) is 114 cm³/mol. The summed E-state index contributed by atoms with van der Waals surface area (Å²) in [6, 6.07) is 3.11. The molecule has 0 amide bonds. The summed E-state index contributed by atoms with van der Waals surface area (Å²) in [6.07, 6.45) is 0.662. The average molecular weight is 422 g/mol. The number of benzene rings is 1. The van der Waals surface area contributed by atoms with Gasteiger partial charge in [-0.2, -0.15) is 0 Å². The molecule has 2 aromatic heterocycles. The van der Waals surface area contributed by atoms with E-state index in [4.69, 9.17) is 9.72 Å². The van der Waals surface area contributed by atoms with Crippen LogP contribution in [0.1, 0.15) is 58.7 Å². The number of carbonyl (C=O) groups excluding carboxylic acids is 1. The molecule has 2 aliphatic rings. The fourth-order valence-corrected chi connectivity index (χ4v) is 5.22. The fourth-order valence-electron chi connectivity index (χ4n) is 5.22. The summed E-state index contributed by atoms with van der Waals surface area (Å²) >= 11 is 0. The van der Waals surface area contributed by atoms with Crippen molar-refractivity contribution in [2.75, 3.05) is 7.11 Å². The topological polar surface area (TPSA) is 81.4 Å². The highest BCUT2D eigenvalue weighted by Gasteiger charge is 2.33. The summed E-state index contributed by atoms with van der Waals surface area (Å²) in [4.78, 5) is 29.4. The van der Waals surface area contributed by atoms with E-state index in [1.54, 1.807) is 17.6 Å². The molecule has 3 aromatic rings. The van der Waals surface area contributed by atoms with Crippen molar-refractivity contribution in [1.29, 1.82) is 0 Å². The Hall–Kier alpha value is -2.90. The van der Waals surface area contributed by atoms with E-state index in [0.717, 1.165) is 34.9 Å². The zero-order chi connectivity index (χ0) is 22.0. The minimum Gasteiger partial charge on any atom is -0.381 e. The van der Waals surface area contributed by atoms with E-state index < -0.39 is 6.10 Å². The molecule has 2 atom stereocenters. The number of hydrogen-bond donors (Lipinski definition) is 1. The van der Waals surface area contributed by atoms with Crippen LogP contribution in [0.4, 0.5) is 4.39 Å². The molecule has 3 heterocycles. The van der Waals surface area contributed by atoms with Gasteiger partial charge in [0.1, 0.15) is 11.9 Å². The molecular weight excluding hydrogens is 399 g/mol. The lowest BCUT2D eigenvalue weighted by Gasteiger charge is -2.26. The third-order valence-corrected chi connectivity index (χ3v) is 6.79. The van der Waals surface area contributed by atoms with Crippen LogP contribution in [0.15, 0.2) is 16.9 Å². The highest BCUT2D eigenvalue weighted by Crippen LogP contribution is 2.45. The van der Waals surface area contributed by atoms with Gasteiger partial charge >= 0.3 is 0 Å². The summed E-state index contributed by atoms with van der Waals surface area (Å²) in [7, 11) is 1.46. The van der Waals surface area contributed by atoms with Crippen molar-refractivity contribution in [1.82, 2.24) is 9.55 Å². The van der Waals surface area contributed by atoms with Crippen molar-refractivity contribution in [2.45, 2.75) is 51.9 Å². The zero-order valence-corrected chi connectivity index (χ0v) is 17.7. The lowest BCUT2D eigenvalue weighted by atomic mass is 9.79. The number of aldehydes is 1. The van der Waals surface area contributed by atoms with E-state index in [1.807, 2.05) is 0 Å². The van der Waals surface area contributed by atoms with Gasteiger partial charge in [0, 0.05) is 35.3 Å². The molecule has 1 aliphatic carbocycles. The summed E-state index contributed by atoms with van der Waals surface area (Å²) in [5, 5.41) is 11.2. The Balaban J connectivity index is 1.86. The summed E-state index contributed by atoms with van der Waals surface area (Å²) in [5.41, 5.74) is 5.65. The number of aliphatic hydroxyl groups is 1. The number of fused-ring (bicyclic) bond motifs is 4. The highest BCUT2D eigenvalue weighted by molar-refractivity contribution is 5.93. The molecule has 1 aromatic carbocycles. The van der Waals surface area contributed by atoms with Crippen molar-refractivity contribution in [3.05, 3.63) is 61.7 Å². The smallest absolute Gasteiger partial charge is 0.257 e. The van der Waals surface area contributed by atoms with Crippen molar-refractivity contribution in [3.8, 4) is 11.4 Å². The number of pyridine rings is 2. The van der Waals surface area contributed by atoms with Crippen LogP contribution in [0.2, 0.25) is 0 Å². The third-order valence-electron chi connectivity index (χ3n) is 6.79. The van der Waals surface area contributed by atoms with Crippen LogP contribution < -0.4 is 5.56 Å². The normalized spacial score (nSPS) is 17.5. The molecule has 0 radical (unpaired) electrons. The first-order valence-corrected chi connectivity index (χ1v) is 10.4. The monoisotopic (exact) mass is 422 g/mol. The quantitative estimate of drug-likeness (QED) is 0.511. The number of ether oxygens (including phenoxy) is 1. The second-order valence-corrected chi connectivity index (χ2v) is 8.52. The Morgan fingerprint density at radius 2 is 2.16 bits per heavy atom. The number of carbonyl (C=O) groups is 1. The van der Waals surface area contributed by atoms with E-state index in [-0.39, 0.29) is 35.0 Å². The van der Waals surface area contributed by atoms with Gasteiger partial charge in [0.25, 0.3) is 5.56 Å². The van der Waals surface area contributed by atoms with Crippen LogP contribution in [0.5, 0.6) is 0 Å². The second-order valence-electron chi connectivity index (χ2n) is 8.52. The first kappa shape index (κ1) is 20.0. The van der Waals surface area contributed by atoms with Gasteiger partial charge in [-0.05, 0) is 48.4 Å². The van der Waals surface area contributed by atoms with E-state index in [0.29, 0.717) is 35.3 Å². The lowest BCUT2D eigenvalue weighted by molar-refractivity contribution is -0.115. The number of aliphatic hydroxyl groups excluding tert-OH is 1. The van der Waals surface area contributed by atoms with Crippen LogP contribution in [0, 0.1) is 12.7 Å². The molecule has 0 spiro atoms. The van der Waals surface area contributed by atoms with Crippen molar-refractivity contribution < 1.29 is 19.0 Å². The highest BCUT2D eigenvalue weighted by atomic mass is 19.1. The number of nitrogens with zero attached hydrogens (tertiary/aromatic N) is 2. The van der Waals surface area contributed by atoms with Gasteiger partial charge in [-0.15, -0.1) is 0 Å². The zero-order valence-electron chi connectivity index (χ0n) is 17.7. The Morgan fingerprint density at radius 3 is 2.87 bits per heavy atom. The first-order chi connectivity index (χ1) is 14.9. The molecule has 31 heavy (non-hydrogen) atoms. The average Bonchev–Trinajstić information content (AvgIpc) is 3.12. The number of aryl methyl sites for hydroxylation is 1. The van der Waals surface area contributed by atoms with Gasteiger partial charge in [0.2, 0.25) is 0 Å². The van der Waals surface area contributed by atoms with Crippen LogP contribution in [0.3, 0.4) is 0 Å². The van der Waals surface area contributed by atoms with Gasteiger partial charge in [-0.25, -0.2) is 9.37 Å². The lowest BCUT2D eigenvalue weighted by Crippen LogP contribution is -2.26. The van der Waals surface area contributed by atoms with Crippen LogP contribution >= 0.6 is 0 Å². The van der Waals surface area contributed by atoms with Gasteiger partial charge in [-0.3, -0.25) is 4.79 Å². The molecule has 0 saturated carbocycles. The molecule has 0 bridgehead atoms. The van der Waals surface area contributed by atoms with Gasteiger partial charge in [-0.1, -0.05) is 6.92 Å². The number of methoxy groups -OCH3 is 1. The van der Waals surface area contributed by atoms with Crippen molar-refractivity contribution >= 4 is 17.2 Å². The largest absolute Gasteiger partial charge is 0.381 e. The van der Waals surface area contributed by atoms with Gasteiger partial charge < -0.3 is 19.2 Å². The van der Waals surface area contributed by atoms with Crippen molar-refractivity contribution in [2.24, 2.45) is 0 Å². The van der Waals surface area contributed by atoms with Gasteiger partial charge in [0.05, 0.1) is 30.1 Å². The first-order valence-electron chi connectivity index (χ1n) is 10.4. The minimum absolute atomic E-state index is 0.0110. The summed E-state index contributed by atoms with van der Waals surface area (Å²) in [5.74, 6) is -0.0292. The molecule has 0 saturated heterocycles. The summed E-state index contributed by atoms with van der Waals surface area (Å²) in [6.45, 7) is 4.31. The predicted octanol–water partition coefficient (Wildman–Crippen LogP) is 3.30. The van der Waals surface area contributed by atoms with Crippen LogP contribution in [0.25, 0.3) is 22.3 Å². The molecule has 0 fully saturated rings. The summed E-state index contributed by atoms with van der Waals surface area (Å²) < 4.78 is 21.4. The Kier molecular flexibility index (Phi) is 4.57. The molecule has 7 heteroatoms. The SMILES string of the molecule is COCc1c(C(O)C=O)cc2n(c1=O)Cc1c-2nc2cc(F)c(C)c3c2c1[C@H](C)CC3. The molecule has 1 aliphatic heterocycles. The maximum atomic E-state index is 14.6.